The topological polar surface area (TPSA) is 55.1 Å². The predicted molar refractivity (Wildman–Crippen MR) is 90.8 cm³/mol. The van der Waals surface area contributed by atoms with Crippen molar-refractivity contribution in [3.8, 4) is 0 Å². The van der Waals surface area contributed by atoms with Crippen molar-refractivity contribution < 1.29 is 4.79 Å². The van der Waals surface area contributed by atoms with Crippen molar-refractivity contribution in [2.75, 3.05) is 5.32 Å². The van der Waals surface area contributed by atoms with E-state index in [1.165, 1.54) is 5.56 Å². The summed E-state index contributed by atoms with van der Waals surface area (Å²) in [7, 11) is 0. The van der Waals surface area contributed by atoms with Gasteiger partial charge in [-0.3, -0.25) is 4.79 Å². The van der Waals surface area contributed by atoms with Crippen LogP contribution in [0.3, 0.4) is 0 Å². The summed E-state index contributed by atoms with van der Waals surface area (Å²) in [4.78, 5) is 12.5. The molecule has 0 heterocycles. The minimum absolute atomic E-state index is 0.151. The number of benzene rings is 2. The summed E-state index contributed by atoms with van der Waals surface area (Å²) in [6.45, 7) is 4.27. The lowest BCUT2D eigenvalue weighted by molar-refractivity contribution is 0.102. The zero-order valence-electron chi connectivity index (χ0n) is 12.1. The molecule has 0 fully saturated rings. The van der Waals surface area contributed by atoms with Gasteiger partial charge >= 0.3 is 0 Å². The molecular weight excluding hydrogens is 280 g/mol. The molecule has 4 heteroatoms. The van der Waals surface area contributed by atoms with Crippen LogP contribution in [0, 0.1) is 0 Å². The molecule has 21 heavy (non-hydrogen) atoms. The van der Waals surface area contributed by atoms with Gasteiger partial charge in [-0.25, -0.2) is 0 Å². The van der Waals surface area contributed by atoms with Crippen molar-refractivity contribution in [2.45, 2.75) is 19.8 Å². The molecule has 0 aliphatic rings. The SMILES string of the molecule is CC(C)c1ccc(NC(=O)c2ccc(C(N)=S)cc2)cc1. The molecule has 3 nitrogen and oxygen atoms in total. The average molecular weight is 298 g/mol. The number of carbonyl (C=O) groups is 1. The largest absolute Gasteiger partial charge is 0.389 e. The van der Waals surface area contributed by atoms with E-state index in [1.807, 2.05) is 24.3 Å². The van der Waals surface area contributed by atoms with Gasteiger partial charge in [-0.15, -0.1) is 0 Å². The molecule has 0 saturated carbocycles. The highest BCUT2D eigenvalue weighted by molar-refractivity contribution is 7.80. The van der Waals surface area contributed by atoms with Crippen LogP contribution in [-0.2, 0) is 0 Å². The Bertz CT molecular complexity index is 645. The average Bonchev–Trinajstić information content (AvgIpc) is 2.47. The van der Waals surface area contributed by atoms with Crippen LogP contribution in [0.2, 0.25) is 0 Å². The Balaban J connectivity index is 2.08. The zero-order valence-corrected chi connectivity index (χ0v) is 12.9. The van der Waals surface area contributed by atoms with E-state index in [2.05, 4.69) is 19.2 Å². The normalized spacial score (nSPS) is 10.4. The smallest absolute Gasteiger partial charge is 0.255 e. The fourth-order valence-corrected chi connectivity index (χ4v) is 2.08. The summed E-state index contributed by atoms with van der Waals surface area (Å²) < 4.78 is 0. The predicted octanol–water partition coefficient (Wildman–Crippen LogP) is 3.70. The number of anilines is 1. The van der Waals surface area contributed by atoms with Crippen LogP contribution < -0.4 is 11.1 Å². The third-order valence-corrected chi connectivity index (χ3v) is 3.50. The van der Waals surface area contributed by atoms with Crippen molar-refractivity contribution in [3.05, 3.63) is 65.2 Å². The second-order valence-corrected chi connectivity index (χ2v) is 5.61. The highest BCUT2D eigenvalue weighted by atomic mass is 32.1. The molecule has 2 aromatic carbocycles. The Labute approximate surface area is 130 Å². The molecule has 0 unspecified atom stereocenters. The van der Waals surface area contributed by atoms with Gasteiger partial charge in [0.1, 0.15) is 4.99 Å². The van der Waals surface area contributed by atoms with Crippen LogP contribution in [0.5, 0.6) is 0 Å². The molecule has 2 aromatic rings. The minimum atomic E-state index is -0.151. The Morgan fingerprint density at radius 2 is 1.52 bits per heavy atom. The van der Waals surface area contributed by atoms with Gasteiger partial charge in [0.15, 0.2) is 0 Å². The van der Waals surface area contributed by atoms with Gasteiger partial charge in [0.05, 0.1) is 0 Å². The van der Waals surface area contributed by atoms with Crippen LogP contribution in [0.4, 0.5) is 5.69 Å². The van der Waals surface area contributed by atoms with E-state index in [0.717, 1.165) is 11.3 Å². The quantitative estimate of drug-likeness (QED) is 0.846. The van der Waals surface area contributed by atoms with Crippen molar-refractivity contribution in [1.29, 1.82) is 0 Å². The van der Waals surface area contributed by atoms with Crippen LogP contribution in [0.15, 0.2) is 48.5 Å². The van der Waals surface area contributed by atoms with Crippen LogP contribution in [-0.4, -0.2) is 10.9 Å². The number of nitrogens with two attached hydrogens (primary N) is 1. The first kappa shape index (κ1) is 15.2. The summed E-state index contributed by atoms with van der Waals surface area (Å²) in [5.41, 5.74) is 8.88. The Hall–Kier alpha value is -2.20. The van der Waals surface area contributed by atoms with Gasteiger partial charge in [-0.2, -0.15) is 0 Å². The highest BCUT2D eigenvalue weighted by Crippen LogP contribution is 2.17. The number of hydrogen-bond acceptors (Lipinski definition) is 2. The van der Waals surface area contributed by atoms with Gasteiger partial charge in [0.2, 0.25) is 0 Å². The molecular formula is C17H18N2OS. The van der Waals surface area contributed by atoms with E-state index in [9.17, 15) is 4.79 Å². The van der Waals surface area contributed by atoms with E-state index in [-0.39, 0.29) is 5.91 Å². The van der Waals surface area contributed by atoms with Crippen LogP contribution in [0.1, 0.15) is 41.3 Å². The second kappa shape index (κ2) is 6.50. The van der Waals surface area contributed by atoms with Gasteiger partial charge in [-0.1, -0.05) is 50.3 Å². The minimum Gasteiger partial charge on any atom is -0.389 e. The van der Waals surface area contributed by atoms with Crippen molar-refractivity contribution >= 4 is 28.8 Å². The molecule has 3 N–H and O–H groups in total. The fraction of sp³-hybridized carbons (Fsp3) is 0.176. The van der Waals surface area contributed by atoms with Crippen LogP contribution in [0.25, 0.3) is 0 Å². The molecule has 108 valence electrons. The van der Waals surface area contributed by atoms with E-state index in [0.29, 0.717) is 16.5 Å². The first-order valence-electron chi connectivity index (χ1n) is 6.78. The maximum atomic E-state index is 12.1. The monoisotopic (exact) mass is 298 g/mol. The lowest BCUT2D eigenvalue weighted by Crippen LogP contribution is -2.13. The van der Waals surface area contributed by atoms with Gasteiger partial charge in [0.25, 0.3) is 5.91 Å². The Morgan fingerprint density at radius 1 is 1.00 bits per heavy atom. The lowest BCUT2D eigenvalue weighted by atomic mass is 10.0. The zero-order chi connectivity index (χ0) is 15.4. The van der Waals surface area contributed by atoms with Gasteiger partial charge in [0, 0.05) is 16.8 Å². The number of thiocarbonyl (C=S) groups is 1. The summed E-state index contributed by atoms with van der Waals surface area (Å²) in [5.74, 6) is 0.323. The summed E-state index contributed by atoms with van der Waals surface area (Å²) in [5, 5.41) is 2.87. The number of amides is 1. The maximum Gasteiger partial charge on any atom is 0.255 e. The number of hydrogen-bond donors (Lipinski definition) is 2. The van der Waals surface area contributed by atoms with Gasteiger partial charge < -0.3 is 11.1 Å². The summed E-state index contributed by atoms with van der Waals surface area (Å²) in [6, 6.07) is 14.8. The summed E-state index contributed by atoms with van der Waals surface area (Å²) >= 11 is 4.89. The number of carbonyl (C=O) groups excluding carboxylic acids is 1. The third-order valence-electron chi connectivity index (χ3n) is 3.27. The van der Waals surface area contributed by atoms with E-state index in [1.54, 1.807) is 24.3 Å². The molecule has 0 spiro atoms. The highest BCUT2D eigenvalue weighted by Gasteiger charge is 2.07. The van der Waals surface area contributed by atoms with Gasteiger partial charge in [-0.05, 0) is 35.7 Å². The van der Waals surface area contributed by atoms with E-state index < -0.39 is 0 Å². The van der Waals surface area contributed by atoms with Crippen molar-refractivity contribution in [3.63, 3.8) is 0 Å². The fourth-order valence-electron chi connectivity index (χ4n) is 1.94. The Kier molecular flexibility index (Phi) is 4.70. The van der Waals surface area contributed by atoms with Crippen LogP contribution >= 0.6 is 12.2 Å². The van der Waals surface area contributed by atoms with E-state index >= 15 is 0 Å². The third kappa shape index (κ3) is 3.89. The molecule has 0 radical (unpaired) electrons. The molecule has 0 atom stereocenters. The number of nitrogens with one attached hydrogen (secondary N) is 1. The van der Waals surface area contributed by atoms with Crippen molar-refractivity contribution in [2.24, 2.45) is 5.73 Å². The molecule has 0 aliphatic heterocycles. The lowest BCUT2D eigenvalue weighted by Gasteiger charge is -2.09. The molecule has 2 rings (SSSR count). The van der Waals surface area contributed by atoms with E-state index in [4.69, 9.17) is 18.0 Å². The molecule has 0 bridgehead atoms. The molecule has 0 saturated heterocycles. The standard InChI is InChI=1S/C17H18N2OS/c1-11(2)12-7-9-15(10-8-12)19-17(20)14-5-3-13(4-6-14)16(18)21/h3-11H,1-2H3,(H2,18,21)(H,19,20). The maximum absolute atomic E-state index is 12.1. The van der Waals surface area contributed by atoms with Crippen molar-refractivity contribution in [1.82, 2.24) is 0 Å². The second-order valence-electron chi connectivity index (χ2n) is 5.17. The molecule has 1 amide bonds. The Morgan fingerprint density at radius 3 is 2.00 bits per heavy atom. The molecule has 0 aliphatic carbocycles. The summed E-state index contributed by atoms with van der Waals surface area (Å²) in [6.07, 6.45) is 0. The number of rotatable bonds is 4. The first-order chi connectivity index (χ1) is 9.97. The first-order valence-corrected chi connectivity index (χ1v) is 7.19. The molecule has 0 aromatic heterocycles.